The molecule has 0 fully saturated rings. The van der Waals surface area contributed by atoms with Crippen LogP contribution in [0.1, 0.15) is 33.6 Å². The van der Waals surface area contributed by atoms with Gasteiger partial charge in [-0.2, -0.15) is 0 Å². The zero-order valence-corrected chi connectivity index (χ0v) is 6.31. The van der Waals surface area contributed by atoms with Gasteiger partial charge in [-0.25, -0.2) is 0 Å². The quantitative estimate of drug-likeness (QED) is 0.544. The number of hydrogen-bond donors (Lipinski definition) is 0. The molecule has 0 saturated heterocycles. The fraction of sp³-hybridized carbons (Fsp3) is 0.857. The van der Waals surface area contributed by atoms with E-state index in [1.54, 1.807) is 6.92 Å². The predicted molar refractivity (Wildman–Crippen MR) is 36.1 cm³/mol. The molecule has 0 amide bonds. The van der Waals surface area contributed by atoms with E-state index in [0.29, 0.717) is 6.42 Å². The first-order valence-electron chi connectivity index (χ1n) is 3.40. The van der Waals surface area contributed by atoms with Crippen molar-refractivity contribution in [1.82, 2.24) is 0 Å². The van der Waals surface area contributed by atoms with Crippen LogP contribution in [0.15, 0.2) is 0 Å². The number of rotatable bonds is 3. The van der Waals surface area contributed by atoms with Gasteiger partial charge >= 0.3 is 5.97 Å². The second-order valence-electron chi connectivity index (χ2n) is 2.06. The first-order valence-corrected chi connectivity index (χ1v) is 3.40. The molecule has 0 radical (unpaired) electrons. The lowest BCUT2D eigenvalue weighted by molar-refractivity contribution is -0.147. The van der Waals surface area contributed by atoms with E-state index in [0.717, 1.165) is 6.42 Å². The van der Waals surface area contributed by atoms with Crippen LogP contribution in [0.4, 0.5) is 0 Å². The minimum absolute atomic E-state index is 0.0810. The van der Waals surface area contributed by atoms with Gasteiger partial charge in [-0.1, -0.05) is 13.8 Å². The van der Waals surface area contributed by atoms with Gasteiger partial charge in [-0.05, 0) is 13.3 Å². The van der Waals surface area contributed by atoms with Crippen LogP contribution in [-0.4, -0.2) is 12.1 Å². The van der Waals surface area contributed by atoms with E-state index in [1.165, 1.54) is 0 Å². The zero-order valence-electron chi connectivity index (χ0n) is 6.31. The summed E-state index contributed by atoms with van der Waals surface area (Å²) in [5, 5.41) is 0. The number of hydrogen-bond acceptors (Lipinski definition) is 2. The monoisotopic (exact) mass is 130 g/mol. The van der Waals surface area contributed by atoms with Gasteiger partial charge in [-0.15, -0.1) is 0 Å². The largest absolute Gasteiger partial charge is 0.463 e. The highest BCUT2D eigenvalue weighted by atomic mass is 16.5. The summed E-state index contributed by atoms with van der Waals surface area (Å²) < 4.78 is 4.91. The van der Waals surface area contributed by atoms with Crippen LogP contribution < -0.4 is 0 Å². The summed E-state index contributed by atoms with van der Waals surface area (Å²) >= 11 is 0. The third-order valence-electron chi connectivity index (χ3n) is 1.20. The normalized spacial score (nSPS) is 12.8. The highest BCUT2D eigenvalue weighted by molar-refractivity contribution is 5.69. The first kappa shape index (κ1) is 8.47. The number of ether oxygens (including phenoxy) is 1. The third-order valence-corrected chi connectivity index (χ3v) is 1.20. The summed E-state index contributed by atoms with van der Waals surface area (Å²) in [6.07, 6.45) is 1.45. The Bertz CT molecular complexity index is 88.9. The maximum atomic E-state index is 10.6. The van der Waals surface area contributed by atoms with Crippen LogP contribution in [0.3, 0.4) is 0 Å². The van der Waals surface area contributed by atoms with Crippen LogP contribution in [0.25, 0.3) is 0 Å². The average molecular weight is 130 g/mol. The molecular formula is C7H14O2. The molecule has 9 heavy (non-hydrogen) atoms. The van der Waals surface area contributed by atoms with E-state index in [9.17, 15) is 4.79 Å². The van der Waals surface area contributed by atoms with E-state index in [4.69, 9.17) is 4.74 Å². The Balaban J connectivity index is 3.34. The molecule has 0 N–H and O–H groups in total. The lowest BCUT2D eigenvalue weighted by Crippen LogP contribution is -2.12. The second kappa shape index (κ2) is 4.36. The highest BCUT2D eigenvalue weighted by Gasteiger charge is 2.02. The van der Waals surface area contributed by atoms with Gasteiger partial charge in [0.25, 0.3) is 0 Å². The SMILES string of the molecule is CCC(=O)O[C@H](C)CC. The molecule has 0 aromatic heterocycles. The molecule has 0 rings (SSSR count). The molecule has 2 nitrogen and oxygen atoms in total. The van der Waals surface area contributed by atoms with E-state index in [-0.39, 0.29) is 12.1 Å². The van der Waals surface area contributed by atoms with Crippen LogP contribution in [-0.2, 0) is 9.53 Å². The Morgan fingerprint density at radius 2 is 2.11 bits per heavy atom. The Labute approximate surface area is 56.2 Å². The molecule has 0 aliphatic rings. The van der Waals surface area contributed by atoms with Gasteiger partial charge in [0.05, 0.1) is 6.10 Å². The zero-order chi connectivity index (χ0) is 7.28. The molecule has 0 saturated carbocycles. The van der Waals surface area contributed by atoms with Crippen molar-refractivity contribution in [3.8, 4) is 0 Å². The Morgan fingerprint density at radius 1 is 1.56 bits per heavy atom. The lowest BCUT2D eigenvalue weighted by atomic mass is 10.3. The van der Waals surface area contributed by atoms with Gasteiger partial charge in [0.1, 0.15) is 0 Å². The van der Waals surface area contributed by atoms with Crippen LogP contribution in [0, 0.1) is 0 Å². The van der Waals surface area contributed by atoms with Gasteiger partial charge < -0.3 is 4.74 Å². The van der Waals surface area contributed by atoms with Crippen molar-refractivity contribution in [3.63, 3.8) is 0 Å². The van der Waals surface area contributed by atoms with E-state index < -0.39 is 0 Å². The lowest BCUT2D eigenvalue weighted by Gasteiger charge is -2.08. The number of carbonyl (C=O) groups excluding carboxylic acids is 1. The van der Waals surface area contributed by atoms with E-state index >= 15 is 0 Å². The number of esters is 1. The fourth-order valence-corrected chi connectivity index (χ4v) is 0.391. The Hall–Kier alpha value is -0.530. The second-order valence-corrected chi connectivity index (χ2v) is 2.06. The van der Waals surface area contributed by atoms with Crippen LogP contribution in [0.5, 0.6) is 0 Å². The molecule has 0 unspecified atom stereocenters. The van der Waals surface area contributed by atoms with Gasteiger partial charge in [0.2, 0.25) is 0 Å². The highest BCUT2D eigenvalue weighted by Crippen LogP contribution is 1.97. The fourth-order valence-electron chi connectivity index (χ4n) is 0.391. The summed E-state index contributed by atoms with van der Waals surface area (Å²) in [6, 6.07) is 0. The first-order chi connectivity index (χ1) is 4.20. The Morgan fingerprint density at radius 3 is 2.44 bits per heavy atom. The van der Waals surface area contributed by atoms with E-state index in [1.807, 2.05) is 13.8 Å². The topological polar surface area (TPSA) is 26.3 Å². The van der Waals surface area contributed by atoms with Gasteiger partial charge in [0.15, 0.2) is 0 Å². The molecule has 0 aliphatic heterocycles. The van der Waals surface area contributed by atoms with Crippen molar-refractivity contribution < 1.29 is 9.53 Å². The maximum Gasteiger partial charge on any atom is 0.305 e. The maximum absolute atomic E-state index is 10.6. The van der Waals surface area contributed by atoms with Crippen molar-refractivity contribution in [1.29, 1.82) is 0 Å². The smallest absolute Gasteiger partial charge is 0.305 e. The van der Waals surface area contributed by atoms with Crippen molar-refractivity contribution >= 4 is 5.97 Å². The molecule has 0 aromatic carbocycles. The third kappa shape index (κ3) is 4.01. The van der Waals surface area contributed by atoms with Gasteiger partial charge in [-0.3, -0.25) is 4.79 Å². The summed E-state index contributed by atoms with van der Waals surface area (Å²) in [6.45, 7) is 5.69. The predicted octanol–water partition coefficient (Wildman–Crippen LogP) is 1.74. The minimum Gasteiger partial charge on any atom is -0.463 e. The van der Waals surface area contributed by atoms with Crippen LogP contribution >= 0.6 is 0 Å². The summed E-state index contributed by atoms with van der Waals surface area (Å²) in [5.74, 6) is -0.107. The molecule has 2 heteroatoms. The van der Waals surface area contributed by atoms with Crippen molar-refractivity contribution in [2.24, 2.45) is 0 Å². The minimum atomic E-state index is -0.107. The van der Waals surface area contributed by atoms with Crippen molar-refractivity contribution in [2.75, 3.05) is 0 Å². The molecular weight excluding hydrogens is 116 g/mol. The molecule has 0 aliphatic carbocycles. The molecule has 0 aromatic rings. The average Bonchev–Trinajstić information content (AvgIpc) is 1.87. The van der Waals surface area contributed by atoms with Crippen LogP contribution in [0.2, 0.25) is 0 Å². The molecule has 54 valence electrons. The number of carbonyl (C=O) groups is 1. The van der Waals surface area contributed by atoms with E-state index in [2.05, 4.69) is 0 Å². The summed E-state index contributed by atoms with van der Waals surface area (Å²) in [4.78, 5) is 10.6. The molecule has 1 atom stereocenters. The molecule has 0 bridgehead atoms. The molecule has 0 spiro atoms. The van der Waals surface area contributed by atoms with Crippen molar-refractivity contribution in [2.45, 2.75) is 39.7 Å². The van der Waals surface area contributed by atoms with Crippen molar-refractivity contribution in [3.05, 3.63) is 0 Å². The standard InChI is InChI=1S/C7H14O2/c1-4-6(3)9-7(8)5-2/h6H,4-5H2,1-3H3/t6-/m1/s1. The summed E-state index contributed by atoms with van der Waals surface area (Å²) in [7, 11) is 0. The summed E-state index contributed by atoms with van der Waals surface area (Å²) in [5.41, 5.74) is 0. The van der Waals surface area contributed by atoms with Gasteiger partial charge in [0, 0.05) is 6.42 Å². The Kier molecular flexibility index (Phi) is 4.10. The molecule has 0 heterocycles.